The zero-order chi connectivity index (χ0) is 37.0. The fourth-order valence-electron chi connectivity index (χ4n) is 6.22. The summed E-state index contributed by atoms with van der Waals surface area (Å²) >= 11 is 0. The lowest BCUT2D eigenvalue weighted by molar-refractivity contribution is -0.143. The van der Waals surface area contributed by atoms with E-state index in [2.05, 4.69) is 38.4 Å². The number of methoxy groups -OCH3 is 2. The Labute approximate surface area is 303 Å². The van der Waals surface area contributed by atoms with Crippen molar-refractivity contribution in [1.82, 2.24) is 9.57 Å². The highest BCUT2D eigenvalue weighted by Crippen LogP contribution is 2.49. The van der Waals surface area contributed by atoms with Gasteiger partial charge in [-0.25, -0.2) is 4.67 Å². The normalized spacial score (nSPS) is 16.1. The number of hydrogen-bond acceptors (Lipinski definition) is 9. The van der Waals surface area contributed by atoms with Crippen LogP contribution in [0.25, 0.3) is 0 Å². The summed E-state index contributed by atoms with van der Waals surface area (Å²) in [6, 6.07) is 28.0. The quantitative estimate of drug-likeness (QED) is 0.0536. The minimum Gasteiger partial charge on any atom is -0.497 e. The molecule has 0 saturated carbocycles. The highest BCUT2D eigenvalue weighted by atomic mass is 31.2. The van der Waals surface area contributed by atoms with Crippen LogP contribution in [0.5, 0.6) is 11.5 Å². The predicted octanol–water partition coefficient (Wildman–Crippen LogP) is 7.62. The lowest BCUT2D eigenvalue weighted by Gasteiger charge is -2.40. The predicted molar refractivity (Wildman–Crippen MR) is 198 cm³/mol. The van der Waals surface area contributed by atoms with Gasteiger partial charge in [-0.15, -0.1) is 0 Å². The minimum absolute atomic E-state index is 0.0873. The Morgan fingerprint density at radius 3 is 1.92 bits per heavy atom. The first-order valence-electron chi connectivity index (χ1n) is 17.3. The molecule has 272 valence electrons. The Hall–Kier alpha value is -4.10. The molecule has 1 heterocycles. The summed E-state index contributed by atoms with van der Waals surface area (Å²) in [5.74, 6) is 0.354. The van der Waals surface area contributed by atoms with E-state index in [0.717, 1.165) is 21.6 Å². The fraction of sp³-hybridized carbons (Fsp3) is 0.425. The van der Waals surface area contributed by atoms with Gasteiger partial charge in [-0.1, -0.05) is 60.7 Å². The zero-order valence-electron chi connectivity index (χ0n) is 30.7. The minimum atomic E-state index is -1.63. The van der Waals surface area contributed by atoms with Gasteiger partial charge in [-0.3, -0.25) is 14.5 Å². The third kappa shape index (κ3) is 9.82. The summed E-state index contributed by atoms with van der Waals surface area (Å²) in [6.45, 7) is 8.69. The van der Waals surface area contributed by atoms with E-state index in [4.69, 9.17) is 23.3 Å². The van der Waals surface area contributed by atoms with Crippen molar-refractivity contribution in [2.75, 3.05) is 34.5 Å². The molecule has 11 heteroatoms. The highest BCUT2D eigenvalue weighted by molar-refractivity contribution is 7.44. The molecule has 10 nitrogen and oxygen atoms in total. The van der Waals surface area contributed by atoms with Gasteiger partial charge in [-0.05, 0) is 81.5 Å². The number of nitriles is 1. The Kier molecular flexibility index (Phi) is 14.7. The van der Waals surface area contributed by atoms with Crippen molar-refractivity contribution < 1.29 is 32.8 Å². The first kappa shape index (κ1) is 39.7. The molecule has 4 rings (SSSR count). The van der Waals surface area contributed by atoms with Gasteiger partial charge in [-0.2, -0.15) is 5.26 Å². The number of nitrogens with zero attached hydrogens (tertiary/aromatic N) is 3. The Morgan fingerprint density at radius 2 is 1.41 bits per heavy atom. The van der Waals surface area contributed by atoms with Crippen molar-refractivity contribution in [2.24, 2.45) is 5.92 Å². The second-order valence-corrected chi connectivity index (χ2v) is 14.3. The molecule has 0 N–H and O–H groups in total. The lowest BCUT2D eigenvalue weighted by atomic mass is 9.80. The lowest BCUT2D eigenvalue weighted by Crippen LogP contribution is -2.40. The number of hydrogen-bond donors (Lipinski definition) is 0. The molecule has 3 atom stereocenters. The van der Waals surface area contributed by atoms with Crippen LogP contribution in [0.3, 0.4) is 0 Å². The number of carbonyl (C=O) groups excluding carboxylic acids is 2. The van der Waals surface area contributed by atoms with Gasteiger partial charge in [0.1, 0.15) is 17.1 Å². The summed E-state index contributed by atoms with van der Waals surface area (Å²) in [5.41, 5.74) is 1.57. The molecule has 0 spiro atoms. The Bertz CT molecular complexity index is 1570. The summed E-state index contributed by atoms with van der Waals surface area (Å²) in [4.78, 5) is 26.4. The van der Waals surface area contributed by atoms with Gasteiger partial charge in [0.25, 0.3) is 14.4 Å². The standard InChI is InChI=1S/C40H50N3O7P/c1-29(2)43(30(3)4)51(49-27-11-26-41)50-37(20-14-31-15-25-38(44)42(5)39(31)45)28-48-40(32-12-9-8-10-13-32,33-16-21-35(46-6)22-17-33)34-18-23-36(47-7)24-19-34/h8-10,12-13,15-19,21-25,29-31,37H,11,14,20,27-28H2,1-7H3. The van der Waals surface area contributed by atoms with Crippen LogP contribution in [0.4, 0.5) is 0 Å². The summed E-state index contributed by atoms with van der Waals surface area (Å²) in [7, 11) is 3.14. The van der Waals surface area contributed by atoms with E-state index in [1.807, 2.05) is 78.9 Å². The van der Waals surface area contributed by atoms with Crippen molar-refractivity contribution in [1.29, 1.82) is 5.26 Å². The van der Waals surface area contributed by atoms with Gasteiger partial charge in [0.2, 0.25) is 5.91 Å². The largest absolute Gasteiger partial charge is 0.497 e. The number of ether oxygens (including phenoxy) is 3. The number of likely N-dealkylation sites (N-methyl/N-ethyl adjacent to an activating group) is 1. The zero-order valence-corrected chi connectivity index (χ0v) is 31.5. The number of rotatable bonds is 19. The molecule has 0 fully saturated rings. The smallest absolute Gasteiger partial charge is 0.259 e. The number of benzene rings is 3. The molecule has 1 aliphatic heterocycles. The maximum Gasteiger partial charge on any atom is 0.259 e. The van der Waals surface area contributed by atoms with E-state index in [1.54, 1.807) is 20.3 Å². The monoisotopic (exact) mass is 715 g/mol. The average Bonchev–Trinajstić information content (AvgIpc) is 3.14. The molecule has 0 aliphatic carbocycles. The number of imide groups is 1. The van der Waals surface area contributed by atoms with Gasteiger partial charge in [0, 0.05) is 25.2 Å². The molecule has 3 unspecified atom stereocenters. The molecule has 0 radical (unpaired) electrons. The third-order valence-corrected chi connectivity index (χ3v) is 11.0. The van der Waals surface area contributed by atoms with Gasteiger partial charge < -0.3 is 23.3 Å². The van der Waals surface area contributed by atoms with Gasteiger partial charge >= 0.3 is 0 Å². The molecule has 0 bridgehead atoms. The second kappa shape index (κ2) is 18.9. The van der Waals surface area contributed by atoms with Gasteiger partial charge in [0.15, 0.2) is 0 Å². The topological polar surface area (TPSA) is 111 Å². The molecule has 0 aromatic heterocycles. The fourth-order valence-corrected chi connectivity index (χ4v) is 7.94. The average molecular weight is 716 g/mol. The van der Waals surface area contributed by atoms with Crippen molar-refractivity contribution >= 4 is 20.3 Å². The van der Waals surface area contributed by atoms with E-state index in [9.17, 15) is 14.9 Å². The van der Waals surface area contributed by atoms with E-state index >= 15 is 0 Å². The number of amides is 2. The molecule has 0 saturated heterocycles. The van der Waals surface area contributed by atoms with E-state index < -0.39 is 26.1 Å². The molecular weight excluding hydrogens is 665 g/mol. The molecule has 1 aliphatic rings. The van der Waals surface area contributed by atoms with Crippen molar-refractivity contribution in [3.63, 3.8) is 0 Å². The first-order chi connectivity index (χ1) is 24.5. The van der Waals surface area contributed by atoms with Crippen molar-refractivity contribution in [3.05, 3.63) is 108 Å². The molecule has 3 aromatic carbocycles. The first-order valence-corrected chi connectivity index (χ1v) is 18.4. The van der Waals surface area contributed by atoms with E-state index in [0.29, 0.717) is 24.3 Å². The third-order valence-electron chi connectivity index (χ3n) is 8.81. The summed E-state index contributed by atoms with van der Waals surface area (Å²) in [5, 5.41) is 9.30. The summed E-state index contributed by atoms with van der Waals surface area (Å²) in [6.07, 6.45) is 3.66. The van der Waals surface area contributed by atoms with E-state index in [-0.39, 0.29) is 43.5 Å². The highest BCUT2D eigenvalue weighted by Gasteiger charge is 2.40. The van der Waals surface area contributed by atoms with Crippen LogP contribution in [0.1, 0.15) is 63.6 Å². The van der Waals surface area contributed by atoms with Crippen LogP contribution >= 0.6 is 8.53 Å². The van der Waals surface area contributed by atoms with Crippen LogP contribution in [0, 0.1) is 17.2 Å². The van der Waals surface area contributed by atoms with Crippen LogP contribution < -0.4 is 9.47 Å². The maximum absolute atomic E-state index is 13.1. The molecule has 2 amide bonds. The second-order valence-electron chi connectivity index (χ2n) is 12.9. The van der Waals surface area contributed by atoms with Crippen molar-refractivity contribution in [3.8, 4) is 17.6 Å². The SMILES string of the molecule is COc1ccc(C(OCC(CCC2C=CC(=O)N(C)C2=O)OP(OCCC#N)N(C(C)C)C(C)C)(c2ccccc2)c2ccc(OC)cc2)cc1. The Balaban J connectivity index is 1.80. The molecular formula is C40H50N3O7P. The van der Waals surface area contributed by atoms with Crippen molar-refractivity contribution in [2.45, 2.75) is 70.7 Å². The van der Waals surface area contributed by atoms with E-state index in [1.165, 1.54) is 13.1 Å². The van der Waals surface area contributed by atoms with Crippen LogP contribution in [0.2, 0.25) is 0 Å². The van der Waals surface area contributed by atoms with Crippen LogP contribution in [-0.2, 0) is 29.0 Å². The van der Waals surface area contributed by atoms with Crippen LogP contribution in [0.15, 0.2) is 91.0 Å². The maximum atomic E-state index is 13.1. The van der Waals surface area contributed by atoms with Crippen LogP contribution in [-0.4, -0.2) is 74.1 Å². The number of carbonyl (C=O) groups is 2. The molecule has 3 aromatic rings. The summed E-state index contributed by atoms with van der Waals surface area (Å²) < 4.78 is 33.6. The Morgan fingerprint density at radius 1 is 0.863 bits per heavy atom. The van der Waals surface area contributed by atoms with Gasteiger partial charge in [0.05, 0.1) is 51.9 Å². The molecule has 51 heavy (non-hydrogen) atoms.